The number of β-amino-alcohol motifs (C(OH)–C–C–N with tert-alkyl or cyclic N) is 1. The van der Waals surface area contributed by atoms with Crippen molar-refractivity contribution in [2.45, 2.75) is 45.5 Å². The summed E-state index contributed by atoms with van der Waals surface area (Å²) in [5.74, 6) is 0.404. The van der Waals surface area contributed by atoms with Crippen molar-refractivity contribution in [1.82, 2.24) is 9.80 Å². The maximum atomic E-state index is 11.4. The van der Waals surface area contributed by atoms with Gasteiger partial charge in [-0.25, -0.2) is 0 Å². The first-order chi connectivity index (χ1) is 14.8. The number of ether oxygens (including phenoxy) is 1. The molecule has 0 radical (unpaired) electrons. The van der Waals surface area contributed by atoms with Crippen LogP contribution in [0.2, 0.25) is 5.02 Å². The molecule has 0 saturated carbocycles. The lowest BCUT2D eigenvalue weighted by Crippen LogP contribution is -2.57. The predicted molar refractivity (Wildman–Crippen MR) is 125 cm³/mol. The Morgan fingerprint density at radius 1 is 1.13 bits per heavy atom. The first-order valence-corrected chi connectivity index (χ1v) is 11.1. The molecule has 1 fully saturated rings. The van der Waals surface area contributed by atoms with E-state index in [9.17, 15) is 9.90 Å². The Morgan fingerprint density at radius 2 is 1.77 bits per heavy atom. The van der Waals surface area contributed by atoms with Crippen LogP contribution in [0.1, 0.15) is 26.3 Å². The van der Waals surface area contributed by atoms with E-state index in [1.165, 1.54) is 12.5 Å². The Balaban J connectivity index is 1.50. The number of nitrogens with zero attached hydrogens (tertiary/aromatic N) is 2. The zero-order valence-electron chi connectivity index (χ0n) is 18.4. The van der Waals surface area contributed by atoms with Gasteiger partial charge in [0, 0.05) is 50.2 Å². The lowest BCUT2D eigenvalue weighted by atomic mass is 10.1. The van der Waals surface area contributed by atoms with E-state index < -0.39 is 6.10 Å². The zero-order valence-corrected chi connectivity index (χ0v) is 19.2. The second-order valence-corrected chi connectivity index (χ2v) is 8.79. The van der Waals surface area contributed by atoms with E-state index in [2.05, 4.69) is 41.1 Å². The predicted octanol–water partition coefficient (Wildman–Crippen LogP) is 3.63. The molecule has 1 heterocycles. The monoisotopic (exact) mass is 445 g/mol. The summed E-state index contributed by atoms with van der Waals surface area (Å²) in [7, 11) is 0. The topological polar surface area (TPSA) is 65.0 Å². The highest BCUT2D eigenvalue weighted by atomic mass is 35.5. The van der Waals surface area contributed by atoms with Crippen LogP contribution in [0.15, 0.2) is 48.5 Å². The molecule has 1 aliphatic heterocycles. The highest BCUT2D eigenvalue weighted by molar-refractivity contribution is 6.30. The number of nitrogens with one attached hydrogen (secondary N) is 1. The van der Waals surface area contributed by atoms with E-state index in [0.717, 1.165) is 24.7 Å². The van der Waals surface area contributed by atoms with Gasteiger partial charge in [0.25, 0.3) is 0 Å². The van der Waals surface area contributed by atoms with Crippen LogP contribution in [-0.2, 0) is 11.3 Å². The van der Waals surface area contributed by atoms with E-state index in [1.54, 1.807) is 12.1 Å². The van der Waals surface area contributed by atoms with Crippen LogP contribution in [0.4, 0.5) is 5.69 Å². The van der Waals surface area contributed by atoms with Gasteiger partial charge in [-0.05, 0) is 43.7 Å². The highest BCUT2D eigenvalue weighted by Crippen LogP contribution is 2.24. The third-order valence-corrected chi connectivity index (χ3v) is 5.87. The Kier molecular flexibility index (Phi) is 8.32. The van der Waals surface area contributed by atoms with E-state index in [-0.39, 0.29) is 12.5 Å². The van der Waals surface area contributed by atoms with Crippen LogP contribution in [0.5, 0.6) is 5.75 Å². The van der Waals surface area contributed by atoms with Crippen molar-refractivity contribution in [2.75, 3.05) is 31.6 Å². The van der Waals surface area contributed by atoms with Crippen LogP contribution in [0, 0.1) is 0 Å². The van der Waals surface area contributed by atoms with Crippen LogP contribution in [0.3, 0.4) is 0 Å². The number of aliphatic hydroxyl groups is 1. The fourth-order valence-corrected chi connectivity index (χ4v) is 4.09. The fourth-order valence-electron chi connectivity index (χ4n) is 3.96. The zero-order chi connectivity index (χ0) is 22.4. The lowest BCUT2D eigenvalue weighted by molar-refractivity contribution is -0.114. The van der Waals surface area contributed by atoms with E-state index in [0.29, 0.717) is 30.1 Å². The Morgan fingerprint density at radius 3 is 2.48 bits per heavy atom. The number of aliphatic hydroxyl groups excluding tert-OH is 1. The minimum absolute atomic E-state index is 0.157. The normalized spacial score (nSPS) is 20.9. The molecule has 0 aliphatic carbocycles. The number of carbonyl (C=O) groups excluding carboxylic acids is 1. The van der Waals surface area contributed by atoms with Gasteiger partial charge >= 0.3 is 0 Å². The van der Waals surface area contributed by atoms with Gasteiger partial charge < -0.3 is 15.2 Å². The van der Waals surface area contributed by atoms with Crippen molar-refractivity contribution in [3.05, 3.63) is 59.1 Å². The maximum Gasteiger partial charge on any atom is 0.221 e. The number of amides is 1. The summed E-state index contributed by atoms with van der Waals surface area (Å²) in [5.41, 5.74) is 1.86. The smallest absolute Gasteiger partial charge is 0.221 e. The number of para-hydroxylation sites is 2. The summed E-state index contributed by atoms with van der Waals surface area (Å²) < 4.78 is 5.80. The second kappa shape index (κ2) is 11.0. The number of benzene rings is 2. The first kappa shape index (κ1) is 23.5. The molecule has 2 aromatic rings. The molecular weight excluding hydrogens is 414 g/mol. The Hall–Kier alpha value is -2.12. The molecule has 168 valence electrons. The Labute approximate surface area is 189 Å². The summed E-state index contributed by atoms with van der Waals surface area (Å²) in [6, 6.07) is 16.0. The van der Waals surface area contributed by atoms with Gasteiger partial charge in [-0.1, -0.05) is 35.9 Å². The minimum atomic E-state index is -0.622. The van der Waals surface area contributed by atoms with Crippen LogP contribution < -0.4 is 10.1 Å². The van der Waals surface area contributed by atoms with Gasteiger partial charge in [0.05, 0.1) is 5.69 Å². The van der Waals surface area contributed by atoms with Gasteiger partial charge in [-0.3, -0.25) is 14.6 Å². The summed E-state index contributed by atoms with van der Waals surface area (Å²) in [4.78, 5) is 16.1. The molecule has 3 unspecified atom stereocenters. The molecule has 7 heteroatoms. The number of anilines is 1. The largest absolute Gasteiger partial charge is 0.489 e. The first-order valence-electron chi connectivity index (χ1n) is 10.7. The third kappa shape index (κ3) is 6.94. The highest BCUT2D eigenvalue weighted by Gasteiger charge is 2.30. The lowest BCUT2D eigenvalue weighted by Gasteiger charge is -2.44. The Bertz CT molecular complexity index is 861. The van der Waals surface area contributed by atoms with E-state index in [4.69, 9.17) is 16.3 Å². The molecule has 6 nitrogen and oxygen atoms in total. The summed E-state index contributed by atoms with van der Waals surface area (Å²) in [6.45, 7) is 9.30. The maximum absolute atomic E-state index is 11.4. The molecule has 0 aromatic heterocycles. The molecule has 0 bridgehead atoms. The molecule has 3 rings (SSSR count). The molecule has 31 heavy (non-hydrogen) atoms. The van der Waals surface area contributed by atoms with Crippen molar-refractivity contribution in [3.63, 3.8) is 0 Å². The SMILES string of the molecule is CC(=O)Nc1ccccc1OCC(O)CN1CC(C)N(Cc2ccc(Cl)cc2)CC1C. The standard InChI is InChI=1S/C24H32ClN3O3/c1-17-13-28(18(2)12-27(17)14-20-8-10-21(25)11-9-20)15-22(30)16-31-24-7-5-4-6-23(24)26-19(3)29/h4-11,17-18,22,30H,12-16H2,1-3H3,(H,26,29). The van der Waals surface area contributed by atoms with Gasteiger partial charge in [0.1, 0.15) is 18.5 Å². The molecule has 1 aliphatic rings. The summed E-state index contributed by atoms with van der Waals surface area (Å²) >= 11 is 6.00. The number of hydrogen-bond donors (Lipinski definition) is 2. The quantitative estimate of drug-likeness (QED) is 0.649. The van der Waals surface area contributed by atoms with Crippen molar-refractivity contribution in [1.29, 1.82) is 0 Å². The van der Waals surface area contributed by atoms with Crippen molar-refractivity contribution < 1.29 is 14.6 Å². The second-order valence-electron chi connectivity index (χ2n) is 8.35. The average molecular weight is 446 g/mol. The molecule has 1 saturated heterocycles. The number of rotatable bonds is 8. The van der Waals surface area contributed by atoms with Crippen molar-refractivity contribution >= 4 is 23.2 Å². The van der Waals surface area contributed by atoms with Crippen LogP contribution in [-0.4, -0.2) is 65.2 Å². The van der Waals surface area contributed by atoms with Crippen LogP contribution in [0.25, 0.3) is 0 Å². The molecule has 1 amide bonds. The number of halogens is 1. The molecular formula is C24H32ClN3O3. The van der Waals surface area contributed by atoms with E-state index in [1.807, 2.05) is 24.3 Å². The molecule has 2 N–H and O–H groups in total. The van der Waals surface area contributed by atoms with Gasteiger partial charge in [-0.2, -0.15) is 0 Å². The third-order valence-electron chi connectivity index (χ3n) is 5.62. The van der Waals surface area contributed by atoms with Gasteiger partial charge in [0.2, 0.25) is 5.91 Å². The van der Waals surface area contributed by atoms with Gasteiger partial charge in [-0.15, -0.1) is 0 Å². The number of hydrogen-bond acceptors (Lipinski definition) is 5. The number of carbonyl (C=O) groups is 1. The van der Waals surface area contributed by atoms with Crippen LogP contribution >= 0.6 is 11.6 Å². The molecule has 3 atom stereocenters. The molecule has 0 spiro atoms. The number of piperazine rings is 1. The fraction of sp³-hybridized carbons (Fsp3) is 0.458. The summed E-state index contributed by atoms with van der Waals surface area (Å²) in [5, 5.41) is 14.1. The minimum Gasteiger partial charge on any atom is -0.489 e. The summed E-state index contributed by atoms with van der Waals surface area (Å²) in [6.07, 6.45) is -0.622. The average Bonchev–Trinajstić information content (AvgIpc) is 2.72. The van der Waals surface area contributed by atoms with Crippen molar-refractivity contribution in [3.8, 4) is 5.75 Å². The van der Waals surface area contributed by atoms with Gasteiger partial charge in [0.15, 0.2) is 0 Å². The van der Waals surface area contributed by atoms with Crippen molar-refractivity contribution in [2.24, 2.45) is 0 Å². The van der Waals surface area contributed by atoms with E-state index >= 15 is 0 Å². The molecule has 2 aromatic carbocycles.